The van der Waals surface area contributed by atoms with Crippen LogP contribution in [-0.4, -0.2) is 17.1 Å². The largest absolute Gasteiger partial charge is 0.497 e. The molecule has 2 aromatic rings. The van der Waals surface area contributed by atoms with Gasteiger partial charge in [0.15, 0.2) is 5.82 Å². The van der Waals surface area contributed by atoms with Crippen molar-refractivity contribution < 1.29 is 4.74 Å². The summed E-state index contributed by atoms with van der Waals surface area (Å²) in [6.07, 6.45) is 0.842. The summed E-state index contributed by atoms with van der Waals surface area (Å²) in [5.41, 5.74) is 5.56. The predicted molar refractivity (Wildman–Crippen MR) is 75.9 cm³/mol. The van der Waals surface area contributed by atoms with Gasteiger partial charge in [-0.3, -0.25) is 0 Å². The van der Waals surface area contributed by atoms with Gasteiger partial charge in [-0.25, -0.2) is 15.8 Å². The van der Waals surface area contributed by atoms with Gasteiger partial charge in [0, 0.05) is 16.8 Å². The lowest BCUT2D eigenvalue weighted by atomic mass is 10.1. The Morgan fingerprint density at radius 1 is 1.21 bits per heavy atom. The summed E-state index contributed by atoms with van der Waals surface area (Å²) in [5, 5.41) is 0. The van der Waals surface area contributed by atoms with Gasteiger partial charge in [-0.15, -0.1) is 0 Å². The smallest absolute Gasteiger partial charge is 0.161 e. The molecule has 5 heteroatoms. The molecule has 0 amide bonds. The maximum absolute atomic E-state index is 5.53. The third-order valence-corrected chi connectivity index (χ3v) is 3.05. The predicted octanol–water partition coefficient (Wildman–Crippen LogP) is 2.31. The first-order valence-electron chi connectivity index (χ1n) is 6.18. The second-order valence-electron chi connectivity index (χ2n) is 4.19. The lowest BCUT2D eigenvalue weighted by Gasteiger charge is -2.11. The van der Waals surface area contributed by atoms with Crippen LogP contribution in [0.4, 0.5) is 5.82 Å². The second-order valence-corrected chi connectivity index (χ2v) is 4.19. The fourth-order valence-corrected chi connectivity index (χ4v) is 2.01. The molecule has 0 aliphatic carbocycles. The molecule has 0 saturated heterocycles. The summed E-state index contributed by atoms with van der Waals surface area (Å²) in [4.78, 5) is 8.99. The highest BCUT2D eigenvalue weighted by atomic mass is 16.5. The third-order valence-electron chi connectivity index (χ3n) is 3.05. The van der Waals surface area contributed by atoms with Gasteiger partial charge < -0.3 is 10.2 Å². The average Bonchev–Trinajstić information content (AvgIpc) is 2.46. The minimum Gasteiger partial charge on any atom is -0.497 e. The van der Waals surface area contributed by atoms with Crippen molar-refractivity contribution in [3.8, 4) is 17.1 Å². The first-order valence-corrected chi connectivity index (χ1v) is 6.18. The first-order chi connectivity index (χ1) is 9.19. The molecule has 1 aromatic heterocycles. The molecule has 0 fully saturated rings. The van der Waals surface area contributed by atoms with Crippen LogP contribution in [-0.2, 0) is 6.42 Å². The lowest BCUT2D eigenvalue weighted by Crippen LogP contribution is -2.13. The number of hydrogen-bond acceptors (Lipinski definition) is 5. The number of aryl methyl sites for hydroxylation is 1. The molecule has 19 heavy (non-hydrogen) atoms. The monoisotopic (exact) mass is 258 g/mol. The van der Waals surface area contributed by atoms with Crippen LogP contribution in [0.25, 0.3) is 11.4 Å². The van der Waals surface area contributed by atoms with Gasteiger partial charge in [0.05, 0.1) is 7.11 Å². The molecule has 0 saturated carbocycles. The van der Waals surface area contributed by atoms with Crippen molar-refractivity contribution in [3.63, 3.8) is 0 Å². The third kappa shape index (κ3) is 2.66. The van der Waals surface area contributed by atoms with E-state index in [2.05, 4.69) is 22.3 Å². The molecule has 0 radical (unpaired) electrons. The molecular formula is C14H18N4O. The number of nitrogens with one attached hydrogen (secondary N) is 1. The maximum atomic E-state index is 5.53. The van der Waals surface area contributed by atoms with E-state index in [4.69, 9.17) is 10.6 Å². The number of hydrogen-bond donors (Lipinski definition) is 2. The summed E-state index contributed by atoms with van der Waals surface area (Å²) < 4.78 is 5.14. The Balaban J connectivity index is 2.47. The van der Waals surface area contributed by atoms with E-state index in [1.165, 1.54) is 0 Å². The zero-order valence-corrected chi connectivity index (χ0v) is 11.4. The van der Waals surface area contributed by atoms with Crippen molar-refractivity contribution in [2.45, 2.75) is 20.3 Å². The van der Waals surface area contributed by atoms with Crippen molar-refractivity contribution >= 4 is 5.82 Å². The van der Waals surface area contributed by atoms with Crippen LogP contribution in [0.3, 0.4) is 0 Å². The SMILES string of the molecule is CCc1c(C)nc(-c2ccc(OC)cc2)nc1NN. The Morgan fingerprint density at radius 2 is 1.89 bits per heavy atom. The molecule has 1 aromatic carbocycles. The number of nitrogens with two attached hydrogens (primary N) is 1. The zero-order chi connectivity index (χ0) is 13.8. The van der Waals surface area contributed by atoms with E-state index in [0.29, 0.717) is 11.6 Å². The van der Waals surface area contributed by atoms with E-state index in [-0.39, 0.29) is 0 Å². The molecule has 0 aliphatic rings. The second kappa shape index (κ2) is 5.67. The Morgan fingerprint density at radius 3 is 2.42 bits per heavy atom. The van der Waals surface area contributed by atoms with Gasteiger partial charge in [-0.1, -0.05) is 6.92 Å². The molecule has 3 N–H and O–H groups in total. The average molecular weight is 258 g/mol. The Bertz CT molecular complexity index is 566. The van der Waals surface area contributed by atoms with E-state index in [0.717, 1.165) is 29.0 Å². The summed E-state index contributed by atoms with van der Waals surface area (Å²) in [6.45, 7) is 4.02. The zero-order valence-electron chi connectivity index (χ0n) is 11.4. The van der Waals surface area contributed by atoms with E-state index >= 15 is 0 Å². The fourth-order valence-electron chi connectivity index (χ4n) is 2.01. The molecule has 100 valence electrons. The van der Waals surface area contributed by atoms with Crippen LogP contribution in [0, 0.1) is 6.92 Å². The van der Waals surface area contributed by atoms with E-state index < -0.39 is 0 Å². The Kier molecular flexibility index (Phi) is 3.97. The van der Waals surface area contributed by atoms with Gasteiger partial charge in [-0.2, -0.15) is 0 Å². The van der Waals surface area contributed by atoms with Crippen molar-refractivity contribution in [1.82, 2.24) is 9.97 Å². The number of anilines is 1. The summed E-state index contributed by atoms with van der Waals surface area (Å²) in [7, 11) is 1.64. The standard InChI is InChI=1S/C14H18N4O/c1-4-12-9(2)16-13(17-14(12)18-15)10-5-7-11(19-3)8-6-10/h5-8H,4,15H2,1-3H3,(H,16,17,18). The highest BCUT2D eigenvalue weighted by molar-refractivity contribution is 5.60. The van der Waals surface area contributed by atoms with Crippen LogP contribution in [0.5, 0.6) is 5.75 Å². The lowest BCUT2D eigenvalue weighted by molar-refractivity contribution is 0.415. The number of nitrogens with zero attached hydrogens (tertiary/aromatic N) is 2. The van der Waals surface area contributed by atoms with Gasteiger partial charge in [0.25, 0.3) is 0 Å². The molecule has 1 heterocycles. The summed E-state index contributed by atoms with van der Waals surface area (Å²) in [6, 6.07) is 7.63. The van der Waals surface area contributed by atoms with E-state index in [1.807, 2.05) is 31.2 Å². The van der Waals surface area contributed by atoms with Crippen LogP contribution in [0.2, 0.25) is 0 Å². The molecule has 2 rings (SSSR count). The molecule has 0 atom stereocenters. The van der Waals surface area contributed by atoms with E-state index in [1.54, 1.807) is 7.11 Å². The quantitative estimate of drug-likeness (QED) is 0.650. The highest BCUT2D eigenvalue weighted by Gasteiger charge is 2.10. The van der Waals surface area contributed by atoms with Gasteiger partial charge in [-0.05, 0) is 37.6 Å². The number of methoxy groups -OCH3 is 1. The molecule has 0 aliphatic heterocycles. The van der Waals surface area contributed by atoms with Gasteiger partial charge >= 0.3 is 0 Å². The topological polar surface area (TPSA) is 73.1 Å². The number of rotatable bonds is 4. The summed E-state index contributed by atoms with van der Waals surface area (Å²) in [5.74, 6) is 7.67. The first kappa shape index (κ1) is 13.3. The van der Waals surface area contributed by atoms with Crippen molar-refractivity contribution in [2.75, 3.05) is 12.5 Å². The molecule has 0 unspecified atom stereocenters. The fraction of sp³-hybridized carbons (Fsp3) is 0.286. The number of nitrogen functional groups attached to an aromatic ring is 1. The molecular weight excluding hydrogens is 240 g/mol. The maximum Gasteiger partial charge on any atom is 0.161 e. The van der Waals surface area contributed by atoms with Crippen LogP contribution in [0.15, 0.2) is 24.3 Å². The Hall–Kier alpha value is -2.14. The van der Waals surface area contributed by atoms with Crippen molar-refractivity contribution in [1.29, 1.82) is 0 Å². The minimum atomic E-state index is 0.658. The van der Waals surface area contributed by atoms with Crippen LogP contribution >= 0.6 is 0 Å². The van der Waals surface area contributed by atoms with Gasteiger partial charge in [0.2, 0.25) is 0 Å². The normalized spacial score (nSPS) is 10.3. The number of hydrazine groups is 1. The van der Waals surface area contributed by atoms with Crippen molar-refractivity contribution in [2.24, 2.45) is 5.84 Å². The molecule has 0 spiro atoms. The molecule has 0 bridgehead atoms. The number of benzene rings is 1. The Labute approximate surface area is 112 Å². The highest BCUT2D eigenvalue weighted by Crippen LogP contribution is 2.23. The number of aromatic nitrogens is 2. The molecule has 5 nitrogen and oxygen atoms in total. The van der Waals surface area contributed by atoms with Crippen LogP contribution in [0.1, 0.15) is 18.2 Å². The van der Waals surface area contributed by atoms with Crippen molar-refractivity contribution in [3.05, 3.63) is 35.5 Å². The van der Waals surface area contributed by atoms with E-state index in [9.17, 15) is 0 Å². The minimum absolute atomic E-state index is 0.658. The number of ether oxygens (including phenoxy) is 1. The van der Waals surface area contributed by atoms with Gasteiger partial charge in [0.1, 0.15) is 11.6 Å². The summed E-state index contributed by atoms with van der Waals surface area (Å²) >= 11 is 0. The van der Waals surface area contributed by atoms with Crippen LogP contribution < -0.4 is 16.0 Å².